The quantitative estimate of drug-likeness (QED) is 0.703. The van der Waals surface area contributed by atoms with Crippen LogP contribution < -0.4 is 0 Å². The van der Waals surface area contributed by atoms with Crippen molar-refractivity contribution >= 4 is 51.4 Å². The van der Waals surface area contributed by atoms with E-state index in [1.54, 1.807) is 36.4 Å². The highest BCUT2D eigenvalue weighted by Crippen LogP contribution is 2.35. The zero-order valence-electron chi connectivity index (χ0n) is 13.6. The molecule has 1 aromatic carbocycles. The van der Waals surface area contributed by atoms with Crippen molar-refractivity contribution in [1.29, 1.82) is 5.41 Å². The van der Waals surface area contributed by atoms with Crippen LogP contribution in [0.3, 0.4) is 0 Å². The first-order valence-corrected chi connectivity index (χ1v) is 8.85. The van der Waals surface area contributed by atoms with E-state index in [0.717, 1.165) is 5.56 Å². The number of benzene rings is 1. The summed E-state index contributed by atoms with van der Waals surface area (Å²) in [4.78, 5) is 15.8. The van der Waals surface area contributed by atoms with Crippen LogP contribution in [0.2, 0.25) is 5.02 Å². The molecular weight excluding hydrogens is 417 g/mol. The van der Waals surface area contributed by atoms with Crippen LogP contribution >= 0.6 is 23.4 Å². The number of hydrogen-bond donors (Lipinski definition) is 1. The van der Waals surface area contributed by atoms with Crippen molar-refractivity contribution in [3.63, 3.8) is 0 Å². The van der Waals surface area contributed by atoms with Gasteiger partial charge in [-0.05, 0) is 54.2 Å². The van der Waals surface area contributed by atoms with Gasteiger partial charge in [0.05, 0.1) is 5.57 Å². The Morgan fingerprint density at radius 2 is 1.89 bits per heavy atom. The lowest BCUT2D eigenvalue weighted by Crippen LogP contribution is -2.35. The van der Waals surface area contributed by atoms with Crippen LogP contribution in [0.25, 0.3) is 17.4 Å². The van der Waals surface area contributed by atoms with E-state index < -0.39 is 23.0 Å². The number of hydrogen-bond acceptors (Lipinski definition) is 5. The first-order valence-electron chi connectivity index (χ1n) is 7.65. The van der Waals surface area contributed by atoms with E-state index >= 15 is 0 Å². The summed E-state index contributed by atoms with van der Waals surface area (Å²) in [6.45, 7) is 0. The van der Waals surface area contributed by atoms with Crippen molar-refractivity contribution in [2.24, 2.45) is 10.1 Å². The summed E-state index contributed by atoms with van der Waals surface area (Å²) in [6, 6.07) is 10.1. The van der Waals surface area contributed by atoms with Gasteiger partial charge in [0.1, 0.15) is 11.5 Å². The van der Waals surface area contributed by atoms with Gasteiger partial charge in [0.25, 0.3) is 5.91 Å². The number of nitrogens with zero attached hydrogens (tertiary/aromatic N) is 3. The number of carbonyl (C=O) groups is 1. The lowest BCUT2D eigenvalue weighted by molar-refractivity contribution is -0.114. The lowest BCUT2D eigenvalue weighted by Gasteiger charge is -2.19. The SMILES string of the molecule is N=C1C(=Cc2ccc(-c3ccc(Cl)cc3)o2)C(=O)N=C2SC(C(F)(F)F)=NN12. The first kappa shape index (κ1) is 18.5. The third-order valence-corrected chi connectivity index (χ3v) is 4.94. The minimum atomic E-state index is -4.69. The van der Waals surface area contributed by atoms with E-state index in [9.17, 15) is 18.0 Å². The van der Waals surface area contributed by atoms with Gasteiger partial charge >= 0.3 is 6.18 Å². The highest BCUT2D eigenvalue weighted by Gasteiger charge is 2.46. The number of hydrazone groups is 1. The second kappa shape index (κ2) is 6.64. The summed E-state index contributed by atoms with van der Waals surface area (Å²) in [7, 11) is 0. The maximum atomic E-state index is 12.8. The summed E-state index contributed by atoms with van der Waals surface area (Å²) in [5, 5.41) is 11.2. The third-order valence-electron chi connectivity index (χ3n) is 3.74. The maximum absolute atomic E-state index is 12.8. The molecule has 0 saturated heterocycles. The van der Waals surface area contributed by atoms with E-state index in [1.165, 1.54) is 6.08 Å². The molecule has 1 amide bonds. The van der Waals surface area contributed by atoms with Gasteiger partial charge in [0.15, 0.2) is 5.84 Å². The molecule has 0 atom stereocenters. The van der Waals surface area contributed by atoms with Crippen LogP contribution in [-0.2, 0) is 4.79 Å². The standard InChI is InChI=1S/C17H8ClF3N4O2S/c18-9-3-1-8(2-4-9)12-6-5-10(27-12)7-11-13(22)25-16(23-14(11)26)28-15(24-25)17(19,20)21/h1-7,22H. The molecule has 2 aliphatic heterocycles. The van der Waals surface area contributed by atoms with Gasteiger partial charge in [0.2, 0.25) is 10.2 Å². The van der Waals surface area contributed by atoms with Gasteiger partial charge in [-0.3, -0.25) is 10.2 Å². The number of amidine groups is 2. The number of rotatable bonds is 2. The van der Waals surface area contributed by atoms with Crippen LogP contribution in [0, 0.1) is 5.41 Å². The number of fused-ring (bicyclic) bond motifs is 1. The van der Waals surface area contributed by atoms with E-state index in [-0.39, 0.29) is 28.3 Å². The van der Waals surface area contributed by atoms with Crippen LogP contribution in [0.4, 0.5) is 13.2 Å². The van der Waals surface area contributed by atoms with E-state index in [1.807, 2.05) is 0 Å². The minimum Gasteiger partial charge on any atom is -0.457 e. The molecule has 2 aliphatic rings. The van der Waals surface area contributed by atoms with Crippen molar-refractivity contribution < 1.29 is 22.4 Å². The summed E-state index contributed by atoms with van der Waals surface area (Å²) >= 11 is 6.04. The van der Waals surface area contributed by atoms with E-state index in [4.69, 9.17) is 21.4 Å². The molecule has 0 fully saturated rings. The Kier molecular flexibility index (Phi) is 4.39. The largest absolute Gasteiger partial charge is 0.457 e. The molecule has 0 aliphatic carbocycles. The Labute approximate surface area is 164 Å². The summed E-state index contributed by atoms with van der Waals surface area (Å²) in [5.41, 5.74) is 0.517. The zero-order valence-corrected chi connectivity index (χ0v) is 15.2. The predicted octanol–water partition coefficient (Wildman–Crippen LogP) is 4.78. The second-order valence-corrected chi connectivity index (χ2v) is 7.02. The van der Waals surface area contributed by atoms with Gasteiger partial charge in [-0.2, -0.15) is 28.3 Å². The number of thioether (sulfide) groups is 1. The average molecular weight is 425 g/mol. The Morgan fingerprint density at radius 1 is 1.18 bits per heavy atom. The van der Waals surface area contributed by atoms with Gasteiger partial charge in [-0.15, -0.1) is 0 Å². The molecular formula is C17H8ClF3N4O2S. The third kappa shape index (κ3) is 3.36. The van der Waals surface area contributed by atoms with Gasteiger partial charge in [-0.1, -0.05) is 11.6 Å². The van der Waals surface area contributed by atoms with Crippen LogP contribution in [-0.4, -0.2) is 33.1 Å². The number of halogens is 4. The number of aliphatic imine (C=N–C) groups is 1. The van der Waals surface area contributed by atoms with Crippen molar-refractivity contribution in [1.82, 2.24) is 5.01 Å². The Balaban J connectivity index is 1.64. The van der Waals surface area contributed by atoms with Gasteiger partial charge < -0.3 is 4.42 Å². The predicted molar refractivity (Wildman–Crippen MR) is 100 cm³/mol. The monoisotopic (exact) mass is 424 g/mol. The molecule has 1 aromatic heterocycles. The molecule has 4 rings (SSSR count). The Bertz CT molecular complexity index is 1090. The average Bonchev–Trinajstić information content (AvgIpc) is 3.26. The molecule has 0 bridgehead atoms. The van der Waals surface area contributed by atoms with Crippen LogP contribution in [0.15, 0.2) is 56.5 Å². The first-order chi connectivity index (χ1) is 13.2. The summed E-state index contributed by atoms with van der Waals surface area (Å²) in [5.74, 6) is -0.613. The number of furan rings is 1. The number of carbonyl (C=O) groups excluding carboxylic acids is 1. The molecule has 1 N–H and O–H groups in total. The maximum Gasteiger partial charge on any atom is 0.441 e. The minimum absolute atomic E-state index is 0.198. The fourth-order valence-corrected chi connectivity index (χ4v) is 3.33. The highest BCUT2D eigenvalue weighted by molar-refractivity contribution is 8.27. The number of amides is 1. The second-order valence-electron chi connectivity index (χ2n) is 5.63. The van der Waals surface area contributed by atoms with Gasteiger partial charge in [0, 0.05) is 10.6 Å². The van der Waals surface area contributed by atoms with Crippen LogP contribution in [0.5, 0.6) is 0 Å². The molecule has 3 heterocycles. The van der Waals surface area contributed by atoms with Crippen LogP contribution in [0.1, 0.15) is 5.76 Å². The smallest absolute Gasteiger partial charge is 0.441 e. The molecule has 6 nitrogen and oxygen atoms in total. The molecule has 142 valence electrons. The summed E-state index contributed by atoms with van der Waals surface area (Å²) in [6.07, 6.45) is -3.44. The van der Waals surface area contributed by atoms with Crippen molar-refractivity contribution in [2.45, 2.75) is 6.18 Å². The van der Waals surface area contributed by atoms with E-state index in [0.29, 0.717) is 15.8 Å². The molecule has 0 radical (unpaired) electrons. The number of alkyl halides is 3. The summed E-state index contributed by atoms with van der Waals surface area (Å²) < 4.78 is 44.1. The topological polar surface area (TPSA) is 82.0 Å². The Morgan fingerprint density at radius 3 is 2.57 bits per heavy atom. The fourth-order valence-electron chi connectivity index (χ4n) is 2.45. The van der Waals surface area contributed by atoms with Crippen molar-refractivity contribution in [3.8, 4) is 11.3 Å². The molecule has 0 saturated carbocycles. The van der Waals surface area contributed by atoms with E-state index in [2.05, 4.69) is 10.1 Å². The fraction of sp³-hybridized carbons (Fsp3) is 0.0588. The normalized spacial score (nSPS) is 18.4. The molecule has 11 heteroatoms. The highest BCUT2D eigenvalue weighted by atomic mass is 35.5. The van der Waals surface area contributed by atoms with Crippen molar-refractivity contribution in [3.05, 3.63) is 52.8 Å². The molecule has 28 heavy (non-hydrogen) atoms. The Hall–Kier alpha value is -2.85. The molecule has 0 unspecified atom stereocenters. The molecule has 0 spiro atoms. The molecule has 2 aromatic rings. The van der Waals surface area contributed by atoms with Crippen molar-refractivity contribution in [2.75, 3.05) is 0 Å². The zero-order chi connectivity index (χ0) is 20.1. The number of nitrogens with one attached hydrogen (secondary N) is 1. The lowest BCUT2D eigenvalue weighted by atomic mass is 10.1. The van der Waals surface area contributed by atoms with Gasteiger partial charge in [-0.25, -0.2) is 0 Å².